The zero-order valence-corrected chi connectivity index (χ0v) is 18.4. The van der Waals surface area contributed by atoms with Crippen LogP contribution in [0.15, 0.2) is 56.0 Å². The van der Waals surface area contributed by atoms with Gasteiger partial charge in [-0.15, -0.1) is 0 Å². The van der Waals surface area contributed by atoms with Crippen molar-refractivity contribution >= 4 is 72.8 Å². The summed E-state index contributed by atoms with van der Waals surface area (Å²) in [5.74, 6) is 0. The lowest BCUT2D eigenvalue weighted by molar-refractivity contribution is 0.468. The summed E-state index contributed by atoms with van der Waals surface area (Å²) in [6.45, 7) is 0. The Morgan fingerprint density at radius 1 is 0.469 bits per heavy atom. The molecular weight excluding hydrogens is 512 g/mol. The number of rotatable bonds is 4. The molecule has 0 aliphatic carbocycles. The van der Waals surface area contributed by atoms with E-state index in [2.05, 4.69) is 0 Å². The first-order valence-electron chi connectivity index (χ1n) is 8.11. The molecule has 0 aliphatic rings. The normalized spacial score (nSPS) is 14.0. The van der Waals surface area contributed by atoms with Crippen LogP contribution >= 0.6 is 0 Å². The minimum atomic E-state index is -5.29. The molecule has 0 amide bonds. The second-order valence-electron chi connectivity index (χ2n) is 6.72. The van der Waals surface area contributed by atoms with Gasteiger partial charge in [-0.3, -0.25) is 18.2 Å². The molecule has 4 aromatic carbocycles. The second-order valence-corrected chi connectivity index (χ2v) is 12.3. The van der Waals surface area contributed by atoms with Crippen LogP contribution in [0.25, 0.3) is 32.3 Å². The van der Waals surface area contributed by atoms with Gasteiger partial charge in [-0.25, -0.2) is 0 Å². The second kappa shape index (κ2) is 6.55. The Labute approximate surface area is 180 Å². The lowest BCUT2D eigenvalue weighted by Crippen LogP contribution is -2.10. The molecule has 0 saturated carbocycles. The maximum Gasteiger partial charge on any atom is 0.296 e. The van der Waals surface area contributed by atoms with E-state index < -0.39 is 65.4 Å². The first kappa shape index (κ1) is 22.7. The van der Waals surface area contributed by atoms with Crippen LogP contribution in [0.2, 0.25) is 0 Å². The van der Waals surface area contributed by atoms with Crippen LogP contribution in [-0.4, -0.2) is 51.9 Å². The van der Waals surface area contributed by atoms with Crippen LogP contribution in [0, 0.1) is 0 Å². The molecule has 0 saturated heterocycles. The third-order valence-corrected chi connectivity index (χ3v) is 8.58. The molecule has 0 unspecified atom stereocenters. The van der Waals surface area contributed by atoms with Crippen LogP contribution in [-0.2, 0) is 40.5 Å². The third-order valence-electron chi connectivity index (χ3n) is 4.83. The van der Waals surface area contributed by atoms with Gasteiger partial charge in [0.15, 0.2) is 0 Å². The highest BCUT2D eigenvalue weighted by molar-refractivity contribution is 7.89. The zero-order chi connectivity index (χ0) is 24.0. The molecule has 0 atom stereocenters. The van der Waals surface area contributed by atoms with E-state index in [1.165, 1.54) is 0 Å². The Kier molecular flexibility index (Phi) is 4.65. The van der Waals surface area contributed by atoms with E-state index in [4.69, 9.17) is 0 Å². The average Bonchev–Trinajstić information content (AvgIpc) is 2.61. The van der Waals surface area contributed by atoms with E-state index in [1.807, 2.05) is 0 Å². The van der Waals surface area contributed by atoms with Gasteiger partial charge in [-0.05, 0) is 22.9 Å². The summed E-state index contributed by atoms with van der Waals surface area (Å²) in [6.07, 6.45) is 0. The van der Waals surface area contributed by atoms with E-state index in [0.29, 0.717) is 12.1 Å². The molecular formula is C16H10O12S4. The van der Waals surface area contributed by atoms with Crippen molar-refractivity contribution in [2.24, 2.45) is 0 Å². The van der Waals surface area contributed by atoms with E-state index in [9.17, 15) is 51.9 Å². The molecule has 32 heavy (non-hydrogen) atoms. The minimum Gasteiger partial charge on any atom is -0.282 e. The van der Waals surface area contributed by atoms with Crippen LogP contribution in [0.3, 0.4) is 0 Å². The maximum atomic E-state index is 12.0. The van der Waals surface area contributed by atoms with Gasteiger partial charge in [0.2, 0.25) is 0 Å². The molecule has 170 valence electrons. The largest absolute Gasteiger partial charge is 0.296 e. The summed E-state index contributed by atoms with van der Waals surface area (Å²) in [5, 5.41) is -1.64. The molecule has 4 aromatic rings. The van der Waals surface area contributed by atoms with E-state index in [0.717, 1.165) is 24.3 Å². The van der Waals surface area contributed by atoms with Crippen LogP contribution in [0.1, 0.15) is 0 Å². The smallest absolute Gasteiger partial charge is 0.282 e. The number of hydrogen-bond donors (Lipinski definition) is 4. The first-order chi connectivity index (χ1) is 14.4. The molecule has 16 heteroatoms. The van der Waals surface area contributed by atoms with Crippen LogP contribution in [0.4, 0.5) is 0 Å². The van der Waals surface area contributed by atoms with E-state index >= 15 is 0 Å². The van der Waals surface area contributed by atoms with Crippen molar-refractivity contribution in [1.29, 1.82) is 0 Å². The number of hydrogen-bond acceptors (Lipinski definition) is 8. The highest BCUT2D eigenvalue weighted by Gasteiger charge is 2.31. The average molecular weight is 523 g/mol. The fraction of sp³-hybridized carbons (Fsp3) is 0. The zero-order valence-electron chi connectivity index (χ0n) is 15.2. The topological polar surface area (TPSA) is 217 Å². The van der Waals surface area contributed by atoms with Gasteiger partial charge in [0.05, 0.1) is 0 Å². The van der Waals surface area contributed by atoms with Crippen LogP contribution < -0.4 is 0 Å². The summed E-state index contributed by atoms with van der Waals surface area (Å²) in [6, 6.07) is 5.29. The molecule has 0 heterocycles. The monoisotopic (exact) mass is 522 g/mol. The summed E-state index contributed by atoms with van der Waals surface area (Å²) in [4.78, 5) is -4.26. The van der Waals surface area contributed by atoms with Gasteiger partial charge in [-0.2, -0.15) is 33.7 Å². The Bertz CT molecular complexity index is 1850. The van der Waals surface area contributed by atoms with Crippen LogP contribution in [0.5, 0.6) is 0 Å². The SMILES string of the molecule is O=S(=O)(O)c1cc2ccc3c(S(=O)(=O)O)cc(S(=O)(=O)O)c4ccc(c1S(=O)(=O)O)c2c34. The van der Waals surface area contributed by atoms with Gasteiger partial charge >= 0.3 is 0 Å². The Morgan fingerprint density at radius 3 is 1.34 bits per heavy atom. The molecule has 0 fully saturated rings. The molecule has 0 aliphatic heterocycles. The predicted octanol–water partition coefficient (Wildman–Crippen LogP) is 1.57. The Balaban J connectivity index is 2.47. The van der Waals surface area contributed by atoms with E-state index in [-0.39, 0.29) is 26.9 Å². The highest BCUT2D eigenvalue weighted by Crippen LogP contribution is 2.43. The van der Waals surface area contributed by atoms with Gasteiger partial charge < -0.3 is 0 Å². The fourth-order valence-electron chi connectivity index (χ4n) is 3.74. The maximum absolute atomic E-state index is 12.0. The van der Waals surface area contributed by atoms with Crippen molar-refractivity contribution in [3.05, 3.63) is 36.4 Å². The van der Waals surface area contributed by atoms with Gasteiger partial charge in [0.1, 0.15) is 19.6 Å². The standard InChI is InChI=1S/C16H10O12S4/c17-29(18,19)11-6-12(30(20,21)22)9-3-4-10-14-7(1-2-8(11)15(9)14)5-13(31(23,24)25)16(10)32(26,27)28/h1-6H,(H,17,18,19)(H,20,21,22)(H,23,24,25)(H,26,27,28). The predicted molar refractivity (Wildman–Crippen MR) is 109 cm³/mol. The van der Waals surface area contributed by atoms with Gasteiger partial charge in [0, 0.05) is 21.5 Å². The summed E-state index contributed by atoms with van der Waals surface area (Å²) in [7, 11) is -20.6. The van der Waals surface area contributed by atoms with E-state index in [1.54, 1.807) is 0 Å². The minimum absolute atomic E-state index is 0.0908. The van der Waals surface area contributed by atoms with Crippen molar-refractivity contribution in [1.82, 2.24) is 0 Å². The number of benzene rings is 4. The third kappa shape index (κ3) is 3.41. The molecule has 4 N–H and O–H groups in total. The van der Waals surface area contributed by atoms with Crippen molar-refractivity contribution in [2.75, 3.05) is 0 Å². The van der Waals surface area contributed by atoms with Crippen molar-refractivity contribution in [2.45, 2.75) is 19.6 Å². The molecule has 0 aromatic heterocycles. The first-order valence-corrected chi connectivity index (χ1v) is 13.9. The Morgan fingerprint density at radius 2 is 0.906 bits per heavy atom. The van der Waals surface area contributed by atoms with Crippen molar-refractivity contribution in [3.63, 3.8) is 0 Å². The lowest BCUT2D eigenvalue weighted by Gasteiger charge is -2.17. The molecule has 0 bridgehead atoms. The lowest BCUT2D eigenvalue weighted by atomic mass is 9.94. The molecule has 12 nitrogen and oxygen atoms in total. The molecule has 0 spiro atoms. The summed E-state index contributed by atoms with van der Waals surface area (Å²) >= 11 is 0. The van der Waals surface area contributed by atoms with Crippen molar-refractivity contribution < 1.29 is 51.9 Å². The Hall–Kier alpha value is -2.44. The summed E-state index contributed by atoms with van der Waals surface area (Å²) < 4.78 is 134. The van der Waals surface area contributed by atoms with Gasteiger partial charge in [-0.1, -0.05) is 24.3 Å². The summed E-state index contributed by atoms with van der Waals surface area (Å²) in [5.41, 5.74) is 0. The quantitative estimate of drug-likeness (QED) is 0.222. The van der Waals surface area contributed by atoms with Crippen molar-refractivity contribution in [3.8, 4) is 0 Å². The fourth-order valence-corrected chi connectivity index (χ4v) is 7.26. The highest BCUT2D eigenvalue weighted by atomic mass is 32.2. The molecule has 4 rings (SSSR count). The molecule has 0 radical (unpaired) electrons. The van der Waals surface area contributed by atoms with Gasteiger partial charge in [0.25, 0.3) is 40.5 Å².